The highest BCUT2D eigenvalue weighted by Gasteiger charge is 2.19. The molecule has 0 radical (unpaired) electrons. The maximum atomic E-state index is 3.35. The minimum absolute atomic E-state index is 0.420. The summed E-state index contributed by atoms with van der Waals surface area (Å²) in [4.78, 5) is 2.55. The molecule has 1 aromatic rings. The lowest BCUT2D eigenvalue weighted by atomic mass is 9.97. The second-order valence-electron chi connectivity index (χ2n) is 5.26. The van der Waals surface area contributed by atoms with Crippen LogP contribution in [0, 0.1) is 5.92 Å². The maximum Gasteiger partial charge on any atom is 0.0414 e. The van der Waals surface area contributed by atoms with Gasteiger partial charge in [0, 0.05) is 24.8 Å². The first-order chi connectivity index (χ1) is 8.22. The third-order valence-corrected chi connectivity index (χ3v) is 3.83. The first-order valence-corrected chi connectivity index (χ1v) is 6.73. The Morgan fingerprint density at radius 3 is 2.82 bits per heavy atom. The predicted octanol–water partition coefficient (Wildman–Crippen LogP) is 3.20. The molecule has 1 N–H and O–H groups in total. The van der Waals surface area contributed by atoms with Gasteiger partial charge in [0.2, 0.25) is 0 Å². The van der Waals surface area contributed by atoms with E-state index < -0.39 is 0 Å². The van der Waals surface area contributed by atoms with Crippen LogP contribution in [0.2, 0.25) is 0 Å². The molecule has 2 unspecified atom stereocenters. The summed E-state index contributed by atoms with van der Waals surface area (Å²) < 4.78 is 0. The summed E-state index contributed by atoms with van der Waals surface area (Å²) in [7, 11) is 2.03. The molecule has 1 aliphatic rings. The van der Waals surface area contributed by atoms with E-state index in [1.165, 1.54) is 37.2 Å². The summed E-state index contributed by atoms with van der Waals surface area (Å²) >= 11 is 0. The molecule has 0 aromatic heterocycles. The summed E-state index contributed by atoms with van der Waals surface area (Å²) in [5.41, 5.74) is 2.84. The van der Waals surface area contributed by atoms with Crippen molar-refractivity contribution in [3.8, 4) is 0 Å². The van der Waals surface area contributed by atoms with Crippen LogP contribution in [0.4, 0.5) is 5.69 Å². The third-order valence-electron chi connectivity index (χ3n) is 3.83. The first-order valence-electron chi connectivity index (χ1n) is 6.73. The summed E-state index contributed by atoms with van der Waals surface area (Å²) in [5.74, 6) is 0.821. The van der Waals surface area contributed by atoms with Crippen molar-refractivity contribution in [3.05, 3.63) is 29.8 Å². The Morgan fingerprint density at radius 1 is 1.35 bits per heavy atom. The zero-order valence-corrected chi connectivity index (χ0v) is 11.2. The van der Waals surface area contributed by atoms with Gasteiger partial charge in [-0.15, -0.1) is 0 Å². The van der Waals surface area contributed by atoms with E-state index in [-0.39, 0.29) is 0 Å². The quantitative estimate of drug-likeness (QED) is 0.861. The van der Waals surface area contributed by atoms with Crippen LogP contribution >= 0.6 is 0 Å². The molecule has 1 aliphatic heterocycles. The summed E-state index contributed by atoms with van der Waals surface area (Å²) in [6.07, 6.45) is 2.70. The fourth-order valence-electron chi connectivity index (χ4n) is 2.71. The van der Waals surface area contributed by atoms with Crippen LogP contribution in [-0.4, -0.2) is 20.1 Å². The zero-order valence-electron chi connectivity index (χ0n) is 11.2. The van der Waals surface area contributed by atoms with E-state index in [2.05, 4.69) is 48.3 Å². The highest BCUT2D eigenvalue weighted by molar-refractivity contribution is 5.55. The average molecular weight is 232 g/mol. The van der Waals surface area contributed by atoms with Gasteiger partial charge in [-0.2, -0.15) is 0 Å². The van der Waals surface area contributed by atoms with Gasteiger partial charge in [-0.1, -0.05) is 25.1 Å². The Bertz CT molecular complexity index is 362. The van der Waals surface area contributed by atoms with E-state index in [4.69, 9.17) is 0 Å². The van der Waals surface area contributed by atoms with E-state index in [0.717, 1.165) is 5.92 Å². The van der Waals surface area contributed by atoms with Gasteiger partial charge in [0.1, 0.15) is 0 Å². The molecule has 2 atom stereocenters. The van der Waals surface area contributed by atoms with Crippen molar-refractivity contribution < 1.29 is 0 Å². The summed E-state index contributed by atoms with van der Waals surface area (Å²) in [5, 5.41) is 3.35. The first kappa shape index (κ1) is 12.4. The van der Waals surface area contributed by atoms with Crippen LogP contribution in [-0.2, 0) is 0 Å². The summed E-state index contributed by atoms with van der Waals surface area (Å²) in [6.45, 7) is 6.99. The number of nitrogens with one attached hydrogen (secondary N) is 1. The molecule has 0 saturated carbocycles. The van der Waals surface area contributed by atoms with Gasteiger partial charge in [0.05, 0.1) is 0 Å². The normalized spacial score (nSPS) is 22.5. The molecule has 0 spiro atoms. The van der Waals surface area contributed by atoms with E-state index in [1.54, 1.807) is 0 Å². The molecule has 1 heterocycles. The summed E-state index contributed by atoms with van der Waals surface area (Å²) in [6, 6.07) is 9.22. The van der Waals surface area contributed by atoms with Gasteiger partial charge >= 0.3 is 0 Å². The molecule has 2 heteroatoms. The molecule has 0 amide bonds. The number of rotatable bonds is 3. The smallest absolute Gasteiger partial charge is 0.0414 e. The molecule has 0 aliphatic carbocycles. The Kier molecular flexibility index (Phi) is 4.06. The van der Waals surface area contributed by atoms with Crippen molar-refractivity contribution in [1.82, 2.24) is 5.32 Å². The lowest BCUT2D eigenvalue weighted by molar-refractivity contribution is 0.445. The molecular weight excluding hydrogens is 208 g/mol. The van der Waals surface area contributed by atoms with Crippen LogP contribution in [0.3, 0.4) is 0 Å². The SMILES string of the molecule is CNC(C)c1ccccc1N1CCCC(C)C1. The standard InChI is InChI=1S/C15H24N2/c1-12-7-6-10-17(11-12)15-9-5-4-8-14(15)13(2)16-3/h4-5,8-9,12-13,16H,6-7,10-11H2,1-3H3. The van der Waals surface area contributed by atoms with Crippen molar-refractivity contribution in [2.45, 2.75) is 32.7 Å². The van der Waals surface area contributed by atoms with Gasteiger partial charge in [-0.3, -0.25) is 0 Å². The van der Waals surface area contributed by atoms with Crippen molar-refractivity contribution in [1.29, 1.82) is 0 Å². The topological polar surface area (TPSA) is 15.3 Å². The van der Waals surface area contributed by atoms with Gasteiger partial charge < -0.3 is 10.2 Å². The molecule has 1 saturated heterocycles. The van der Waals surface area contributed by atoms with Crippen LogP contribution in [0.5, 0.6) is 0 Å². The van der Waals surface area contributed by atoms with Crippen molar-refractivity contribution in [2.75, 3.05) is 25.0 Å². The van der Waals surface area contributed by atoms with Gasteiger partial charge in [-0.05, 0) is 44.4 Å². The highest BCUT2D eigenvalue weighted by Crippen LogP contribution is 2.29. The molecule has 17 heavy (non-hydrogen) atoms. The number of benzene rings is 1. The van der Waals surface area contributed by atoms with Crippen molar-refractivity contribution in [2.24, 2.45) is 5.92 Å². The largest absolute Gasteiger partial charge is 0.371 e. The van der Waals surface area contributed by atoms with Crippen LogP contribution in [0.1, 0.15) is 38.3 Å². The van der Waals surface area contributed by atoms with Crippen LogP contribution < -0.4 is 10.2 Å². The predicted molar refractivity (Wildman–Crippen MR) is 74.5 cm³/mol. The molecular formula is C15H24N2. The second-order valence-corrected chi connectivity index (χ2v) is 5.26. The second kappa shape index (κ2) is 5.54. The van der Waals surface area contributed by atoms with Crippen LogP contribution in [0.25, 0.3) is 0 Å². The number of para-hydroxylation sites is 1. The van der Waals surface area contributed by atoms with E-state index in [9.17, 15) is 0 Å². The lowest BCUT2D eigenvalue weighted by Gasteiger charge is -2.35. The molecule has 94 valence electrons. The Labute approximate surface area is 105 Å². The average Bonchev–Trinajstić information content (AvgIpc) is 2.38. The molecule has 1 fully saturated rings. The minimum atomic E-state index is 0.420. The van der Waals surface area contributed by atoms with E-state index in [0.29, 0.717) is 6.04 Å². The third kappa shape index (κ3) is 2.81. The zero-order chi connectivity index (χ0) is 12.3. The van der Waals surface area contributed by atoms with Gasteiger partial charge in [0.25, 0.3) is 0 Å². The number of anilines is 1. The molecule has 0 bridgehead atoms. The van der Waals surface area contributed by atoms with Crippen molar-refractivity contribution in [3.63, 3.8) is 0 Å². The highest BCUT2D eigenvalue weighted by atomic mass is 15.1. The van der Waals surface area contributed by atoms with Crippen molar-refractivity contribution >= 4 is 5.69 Å². The Hall–Kier alpha value is -1.02. The fraction of sp³-hybridized carbons (Fsp3) is 0.600. The van der Waals surface area contributed by atoms with Gasteiger partial charge in [0.15, 0.2) is 0 Å². The number of hydrogen-bond acceptors (Lipinski definition) is 2. The lowest BCUT2D eigenvalue weighted by Crippen LogP contribution is -2.35. The molecule has 2 rings (SSSR count). The van der Waals surface area contributed by atoms with Gasteiger partial charge in [-0.25, -0.2) is 0 Å². The maximum absolute atomic E-state index is 3.35. The Balaban J connectivity index is 2.24. The number of piperidine rings is 1. The van der Waals surface area contributed by atoms with Crippen LogP contribution in [0.15, 0.2) is 24.3 Å². The molecule has 1 aromatic carbocycles. The van der Waals surface area contributed by atoms with E-state index >= 15 is 0 Å². The number of hydrogen-bond donors (Lipinski definition) is 1. The van der Waals surface area contributed by atoms with E-state index in [1.807, 2.05) is 7.05 Å². The number of nitrogens with zero attached hydrogens (tertiary/aromatic N) is 1. The monoisotopic (exact) mass is 232 g/mol. The Morgan fingerprint density at radius 2 is 2.12 bits per heavy atom. The molecule has 2 nitrogen and oxygen atoms in total. The minimum Gasteiger partial charge on any atom is -0.371 e. The fourth-order valence-corrected chi connectivity index (χ4v) is 2.71.